The van der Waals surface area contributed by atoms with Gasteiger partial charge >= 0.3 is 0 Å². The molecule has 5 heteroatoms. The van der Waals surface area contributed by atoms with Crippen LogP contribution < -0.4 is 0 Å². The lowest BCUT2D eigenvalue weighted by Gasteiger charge is -2.17. The monoisotopic (exact) mass is 336 g/mol. The lowest BCUT2D eigenvalue weighted by Crippen LogP contribution is -2.27. The van der Waals surface area contributed by atoms with Crippen molar-refractivity contribution in [2.75, 3.05) is 7.05 Å². The van der Waals surface area contributed by atoms with Gasteiger partial charge in [-0.2, -0.15) is 0 Å². The molecule has 0 radical (unpaired) electrons. The number of aryl methyl sites for hydroxylation is 1. The maximum atomic E-state index is 13.8. The number of amides is 1. The normalized spacial score (nSPS) is 10.4. The lowest BCUT2D eigenvalue weighted by molar-refractivity contribution is 0.0778. The Balaban J connectivity index is 2.16. The molecule has 0 saturated heterocycles. The van der Waals surface area contributed by atoms with Crippen LogP contribution >= 0.6 is 15.9 Å². The van der Waals surface area contributed by atoms with Crippen LogP contribution in [-0.4, -0.2) is 22.8 Å². The number of rotatable bonds is 3. The van der Waals surface area contributed by atoms with Crippen LogP contribution in [0.4, 0.5) is 4.39 Å². The zero-order chi connectivity index (χ0) is 14.7. The molecule has 0 aliphatic heterocycles. The molecule has 0 aliphatic rings. The molecule has 0 fully saturated rings. The number of hydrogen-bond donors (Lipinski definition) is 0. The minimum Gasteiger partial charge on any atom is -0.336 e. The van der Waals surface area contributed by atoms with E-state index in [4.69, 9.17) is 0 Å². The minimum absolute atomic E-state index is 0.0587. The Morgan fingerprint density at radius 3 is 2.75 bits per heavy atom. The second-order valence-electron chi connectivity index (χ2n) is 4.56. The van der Waals surface area contributed by atoms with Gasteiger partial charge in [-0.15, -0.1) is 0 Å². The standard InChI is InChI=1S/C15H14BrFN2O/c1-10-4-3-5-12(18-10)9-19(2)15(20)13-7-6-11(16)8-14(13)17/h3-8H,9H2,1-2H3. The van der Waals surface area contributed by atoms with E-state index in [0.29, 0.717) is 11.0 Å². The lowest BCUT2D eigenvalue weighted by atomic mass is 10.2. The largest absolute Gasteiger partial charge is 0.336 e. The summed E-state index contributed by atoms with van der Waals surface area (Å²) >= 11 is 3.17. The number of halogens is 2. The van der Waals surface area contributed by atoms with Crippen molar-refractivity contribution in [3.63, 3.8) is 0 Å². The zero-order valence-corrected chi connectivity index (χ0v) is 12.8. The molecule has 0 saturated carbocycles. The second-order valence-corrected chi connectivity index (χ2v) is 5.47. The maximum absolute atomic E-state index is 13.8. The fourth-order valence-electron chi connectivity index (χ4n) is 1.87. The van der Waals surface area contributed by atoms with Crippen molar-refractivity contribution in [2.24, 2.45) is 0 Å². The van der Waals surface area contributed by atoms with E-state index in [2.05, 4.69) is 20.9 Å². The van der Waals surface area contributed by atoms with Crippen molar-refractivity contribution in [3.8, 4) is 0 Å². The van der Waals surface area contributed by atoms with Gasteiger partial charge in [-0.25, -0.2) is 4.39 Å². The summed E-state index contributed by atoms with van der Waals surface area (Å²) in [5.41, 5.74) is 1.72. The number of benzene rings is 1. The van der Waals surface area contributed by atoms with Crippen LogP contribution in [0.1, 0.15) is 21.7 Å². The first-order valence-corrected chi connectivity index (χ1v) is 6.89. The highest BCUT2D eigenvalue weighted by molar-refractivity contribution is 9.10. The molecule has 1 aromatic heterocycles. The van der Waals surface area contributed by atoms with Gasteiger partial charge in [0.2, 0.25) is 0 Å². The molecule has 0 unspecified atom stereocenters. The summed E-state index contributed by atoms with van der Waals surface area (Å²) in [7, 11) is 1.63. The number of carbonyl (C=O) groups is 1. The van der Waals surface area contributed by atoms with Crippen molar-refractivity contribution in [3.05, 3.63) is 63.6 Å². The molecule has 0 aliphatic carbocycles. The summed E-state index contributed by atoms with van der Waals surface area (Å²) in [6.07, 6.45) is 0. The van der Waals surface area contributed by atoms with E-state index in [1.807, 2.05) is 25.1 Å². The SMILES string of the molecule is Cc1cccc(CN(C)C(=O)c2ccc(Br)cc2F)n1. The van der Waals surface area contributed by atoms with E-state index in [0.717, 1.165) is 11.4 Å². The molecule has 0 spiro atoms. The molecular weight excluding hydrogens is 323 g/mol. The van der Waals surface area contributed by atoms with Crippen molar-refractivity contribution in [1.29, 1.82) is 0 Å². The highest BCUT2D eigenvalue weighted by Crippen LogP contribution is 2.17. The van der Waals surface area contributed by atoms with Crippen molar-refractivity contribution in [1.82, 2.24) is 9.88 Å². The Labute approximate surface area is 125 Å². The van der Waals surface area contributed by atoms with E-state index in [1.54, 1.807) is 13.1 Å². The average molecular weight is 337 g/mol. The van der Waals surface area contributed by atoms with E-state index in [9.17, 15) is 9.18 Å². The van der Waals surface area contributed by atoms with Crippen LogP contribution in [0, 0.1) is 12.7 Å². The van der Waals surface area contributed by atoms with Gasteiger partial charge in [-0.05, 0) is 37.3 Å². The Morgan fingerprint density at radius 1 is 1.35 bits per heavy atom. The van der Waals surface area contributed by atoms with Gasteiger partial charge in [-0.3, -0.25) is 9.78 Å². The second kappa shape index (κ2) is 6.13. The van der Waals surface area contributed by atoms with Crippen LogP contribution in [0.2, 0.25) is 0 Å². The smallest absolute Gasteiger partial charge is 0.256 e. The van der Waals surface area contributed by atoms with Crippen LogP contribution in [-0.2, 0) is 6.54 Å². The summed E-state index contributed by atoms with van der Waals surface area (Å²) in [6, 6.07) is 10.0. The summed E-state index contributed by atoms with van der Waals surface area (Å²) in [5.74, 6) is -0.897. The highest BCUT2D eigenvalue weighted by Gasteiger charge is 2.16. The predicted octanol–water partition coefficient (Wildman–Crippen LogP) is 3.56. The van der Waals surface area contributed by atoms with Crippen molar-refractivity contribution in [2.45, 2.75) is 13.5 Å². The third-order valence-corrected chi connectivity index (χ3v) is 3.35. The van der Waals surface area contributed by atoms with Crippen LogP contribution in [0.5, 0.6) is 0 Å². The van der Waals surface area contributed by atoms with Gasteiger partial charge in [0.25, 0.3) is 5.91 Å². The number of nitrogens with zero attached hydrogens (tertiary/aromatic N) is 2. The van der Waals surface area contributed by atoms with Gasteiger partial charge < -0.3 is 4.90 Å². The summed E-state index contributed by atoms with van der Waals surface area (Å²) in [6.45, 7) is 2.23. The molecule has 20 heavy (non-hydrogen) atoms. The maximum Gasteiger partial charge on any atom is 0.256 e. The Hall–Kier alpha value is -1.75. The Morgan fingerprint density at radius 2 is 2.10 bits per heavy atom. The third-order valence-electron chi connectivity index (χ3n) is 2.85. The minimum atomic E-state index is -0.534. The average Bonchev–Trinajstić information content (AvgIpc) is 2.38. The summed E-state index contributed by atoms with van der Waals surface area (Å²) in [4.78, 5) is 18.0. The van der Waals surface area contributed by atoms with Crippen LogP contribution in [0.3, 0.4) is 0 Å². The Kier molecular flexibility index (Phi) is 4.49. The highest BCUT2D eigenvalue weighted by atomic mass is 79.9. The Bertz CT molecular complexity index is 646. The van der Waals surface area contributed by atoms with E-state index < -0.39 is 5.82 Å². The first-order valence-electron chi connectivity index (χ1n) is 6.10. The molecule has 3 nitrogen and oxygen atoms in total. The van der Waals surface area contributed by atoms with Crippen LogP contribution in [0.15, 0.2) is 40.9 Å². The third kappa shape index (κ3) is 3.42. The molecule has 2 aromatic rings. The van der Waals surface area contributed by atoms with Gasteiger partial charge in [0.05, 0.1) is 17.8 Å². The number of carbonyl (C=O) groups excluding carboxylic acids is 1. The van der Waals surface area contributed by atoms with E-state index in [-0.39, 0.29) is 11.5 Å². The first kappa shape index (κ1) is 14.7. The topological polar surface area (TPSA) is 33.2 Å². The zero-order valence-electron chi connectivity index (χ0n) is 11.2. The molecule has 0 N–H and O–H groups in total. The molecule has 104 valence electrons. The summed E-state index contributed by atoms with van der Waals surface area (Å²) < 4.78 is 14.4. The van der Waals surface area contributed by atoms with Gasteiger partial charge in [-0.1, -0.05) is 22.0 Å². The van der Waals surface area contributed by atoms with E-state index in [1.165, 1.54) is 17.0 Å². The van der Waals surface area contributed by atoms with Crippen LogP contribution in [0.25, 0.3) is 0 Å². The number of pyridine rings is 1. The molecule has 1 amide bonds. The van der Waals surface area contributed by atoms with Gasteiger partial charge in [0, 0.05) is 17.2 Å². The molecular formula is C15H14BrFN2O. The first-order chi connectivity index (χ1) is 9.47. The molecule has 1 heterocycles. The molecule has 0 atom stereocenters. The fourth-order valence-corrected chi connectivity index (χ4v) is 2.20. The molecule has 0 bridgehead atoms. The number of aromatic nitrogens is 1. The van der Waals surface area contributed by atoms with Gasteiger partial charge in [0.1, 0.15) is 5.82 Å². The predicted molar refractivity (Wildman–Crippen MR) is 78.9 cm³/mol. The quantitative estimate of drug-likeness (QED) is 0.858. The summed E-state index contributed by atoms with van der Waals surface area (Å²) in [5, 5.41) is 0. The fraction of sp³-hybridized carbons (Fsp3) is 0.200. The molecule has 1 aromatic carbocycles. The van der Waals surface area contributed by atoms with Crippen molar-refractivity contribution >= 4 is 21.8 Å². The van der Waals surface area contributed by atoms with E-state index >= 15 is 0 Å². The molecule has 2 rings (SSSR count). The van der Waals surface area contributed by atoms with Crippen molar-refractivity contribution < 1.29 is 9.18 Å². The number of hydrogen-bond acceptors (Lipinski definition) is 2. The van der Waals surface area contributed by atoms with Gasteiger partial charge in [0.15, 0.2) is 0 Å².